The molecule has 1 heterocycles. The van der Waals surface area contributed by atoms with E-state index in [0.717, 1.165) is 25.7 Å². The summed E-state index contributed by atoms with van der Waals surface area (Å²) >= 11 is 2.10. The number of esters is 3. The Balaban J connectivity index is 2.19. The fourth-order valence-electron chi connectivity index (χ4n) is 3.36. The lowest BCUT2D eigenvalue weighted by atomic mass is 9.97. The number of hydrogen-bond acceptors (Lipinski definition) is 8. The smallest absolute Gasteiger partial charge is 0.303 e. The van der Waals surface area contributed by atoms with Gasteiger partial charge in [-0.05, 0) is 12.8 Å². The Morgan fingerprint density at radius 1 is 0.926 bits per heavy atom. The van der Waals surface area contributed by atoms with Crippen molar-refractivity contribution in [1.29, 1.82) is 0 Å². The third kappa shape index (κ3) is 6.86. The fourth-order valence-corrected chi connectivity index (χ4v) is 4.26. The number of rotatable bonds is 6. The predicted molar refractivity (Wildman–Crippen MR) is 102 cm³/mol. The minimum absolute atomic E-state index is 0.0682. The summed E-state index contributed by atoms with van der Waals surface area (Å²) in [4.78, 5) is 34.4. The first-order chi connectivity index (χ1) is 12.8. The van der Waals surface area contributed by atoms with Crippen LogP contribution in [-0.4, -0.2) is 59.1 Å². The highest BCUT2D eigenvalue weighted by Gasteiger charge is 2.50. The van der Waals surface area contributed by atoms with Gasteiger partial charge in [0, 0.05) is 20.8 Å². The zero-order chi connectivity index (χ0) is 20.0. The van der Waals surface area contributed by atoms with Gasteiger partial charge >= 0.3 is 17.9 Å². The van der Waals surface area contributed by atoms with Crippen molar-refractivity contribution in [2.75, 3.05) is 6.61 Å². The summed E-state index contributed by atoms with van der Waals surface area (Å²) < 4.78 is 27.6. The largest absolute Gasteiger partial charge is 0.463 e. The molecule has 0 amide bonds. The Kier molecular flexibility index (Phi) is 8.74. The molecule has 27 heavy (non-hydrogen) atoms. The predicted octanol–water partition coefficient (Wildman–Crippen LogP) is 2.29. The van der Waals surface area contributed by atoms with Gasteiger partial charge in [-0.2, -0.15) is 0 Å². The summed E-state index contributed by atoms with van der Waals surface area (Å²) in [5.41, 5.74) is 0. The Labute approximate surface area is 172 Å². The molecule has 154 valence electrons. The molecule has 0 aromatic carbocycles. The molecule has 0 N–H and O–H groups in total. The number of carbonyl (C=O) groups is 3. The molecule has 9 heteroatoms. The van der Waals surface area contributed by atoms with Gasteiger partial charge in [-0.3, -0.25) is 14.4 Å². The summed E-state index contributed by atoms with van der Waals surface area (Å²) in [6, 6.07) is 0. The zero-order valence-corrected chi connectivity index (χ0v) is 18.0. The molecule has 1 aliphatic carbocycles. The molecular weight excluding hydrogens is 471 g/mol. The second kappa shape index (κ2) is 10.6. The Hall–Kier alpha value is -0.940. The number of hydrogen-bond donors (Lipinski definition) is 0. The summed E-state index contributed by atoms with van der Waals surface area (Å²) in [7, 11) is 0. The average Bonchev–Trinajstić information content (AvgIpc) is 2.59. The van der Waals surface area contributed by atoms with Crippen LogP contribution in [-0.2, 0) is 38.1 Å². The minimum Gasteiger partial charge on any atom is -0.463 e. The SMILES string of the molecule is CC(=O)OC[C@H]1O[C@H](OC2CCCCC2)[C@@H](I)[C@@H](OC(C)=O)[C@@H]1OC(C)=O. The van der Waals surface area contributed by atoms with Crippen LogP contribution in [0, 0.1) is 0 Å². The molecule has 1 saturated carbocycles. The molecule has 0 bridgehead atoms. The van der Waals surface area contributed by atoms with E-state index in [1.807, 2.05) is 0 Å². The fraction of sp³-hybridized carbons (Fsp3) is 0.833. The van der Waals surface area contributed by atoms with Gasteiger partial charge in [0.1, 0.15) is 16.6 Å². The highest BCUT2D eigenvalue weighted by molar-refractivity contribution is 14.1. The first kappa shape index (κ1) is 22.4. The van der Waals surface area contributed by atoms with Crippen LogP contribution in [0.1, 0.15) is 52.9 Å². The highest BCUT2D eigenvalue weighted by Crippen LogP contribution is 2.34. The van der Waals surface area contributed by atoms with E-state index < -0.39 is 42.5 Å². The maximum absolute atomic E-state index is 11.6. The normalized spacial score (nSPS) is 31.8. The number of halogens is 1. The van der Waals surface area contributed by atoms with Crippen LogP contribution in [0.3, 0.4) is 0 Å². The van der Waals surface area contributed by atoms with Crippen molar-refractivity contribution >= 4 is 40.5 Å². The second-order valence-electron chi connectivity index (χ2n) is 6.83. The van der Waals surface area contributed by atoms with Gasteiger partial charge in [-0.15, -0.1) is 0 Å². The van der Waals surface area contributed by atoms with E-state index in [2.05, 4.69) is 22.6 Å². The standard InChI is InChI=1S/C18H27IO8/c1-10(20)23-9-14-16(24-11(2)21)17(25-12(3)22)15(19)18(27-14)26-13-7-5-4-6-8-13/h13-18H,4-9H2,1-3H3/t14-,15+,16-,17-,18+/m1/s1. The van der Waals surface area contributed by atoms with Gasteiger partial charge in [-0.25, -0.2) is 0 Å². The third-order valence-corrected chi connectivity index (χ3v) is 5.80. The van der Waals surface area contributed by atoms with E-state index in [1.54, 1.807) is 0 Å². The lowest BCUT2D eigenvalue weighted by molar-refractivity contribution is -0.272. The lowest BCUT2D eigenvalue weighted by Gasteiger charge is -2.44. The van der Waals surface area contributed by atoms with E-state index in [-0.39, 0.29) is 16.6 Å². The van der Waals surface area contributed by atoms with Gasteiger partial charge in [0.2, 0.25) is 0 Å². The van der Waals surface area contributed by atoms with Gasteiger partial charge in [0.25, 0.3) is 0 Å². The van der Waals surface area contributed by atoms with E-state index in [4.69, 9.17) is 23.7 Å². The van der Waals surface area contributed by atoms with Gasteiger partial charge < -0.3 is 23.7 Å². The summed E-state index contributed by atoms with van der Waals surface area (Å²) in [5.74, 6) is -1.52. The van der Waals surface area contributed by atoms with Crippen molar-refractivity contribution in [2.45, 2.75) is 87.5 Å². The molecule has 0 aromatic heterocycles. The summed E-state index contributed by atoms with van der Waals surface area (Å²) in [6.45, 7) is 3.71. The van der Waals surface area contributed by atoms with Crippen molar-refractivity contribution in [2.24, 2.45) is 0 Å². The third-order valence-electron chi connectivity index (χ3n) is 4.51. The molecule has 0 spiro atoms. The summed E-state index contributed by atoms with van der Waals surface area (Å²) in [5, 5.41) is 0. The molecule has 5 atom stereocenters. The van der Waals surface area contributed by atoms with Crippen LogP contribution in [0.2, 0.25) is 0 Å². The molecule has 0 aromatic rings. The van der Waals surface area contributed by atoms with Crippen LogP contribution in [0.15, 0.2) is 0 Å². The second-order valence-corrected chi connectivity index (χ2v) is 8.27. The molecule has 0 radical (unpaired) electrons. The lowest BCUT2D eigenvalue weighted by Crippen LogP contribution is -2.60. The van der Waals surface area contributed by atoms with Crippen molar-refractivity contribution in [3.05, 3.63) is 0 Å². The Bertz CT molecular complexity index is 533. The molecule has 8 nitrogen and oxygen atoms in total. The minimum atomic E-state index is -0.890. The quantitative estimate of drug-likeness (QED) is 0.238. The Morgan fingerprint density at radius 3 is 2.07 bits per heavy atom. The van der Waals surface area contributed by atoms with Crippen LogP contribution in [0.5, 0.6) is 0 Å². The first-order valence-electron chi connectivity index (χ1n) is 9.20. The van der Waals surface area contributed by atoms with Crippen molar-refractivity contribution in [3.8, 4) is 0 Å². The maximum Gasteiger partial charge on any atom is 0.303 e. The van der Waals surface area contributed by atoms with E-state index in [9.17, 15) is 14.4 Å². The average molecular weight is 498 g/mol. The molecule has 0 unspecified atom stereocenters. The molecule has 1 saturated heterocycles. The van der Waals surface area contributed by atoms with Gasteiger partial charge in [-0.1, -0.05) is 41.9 Å². The molecule has 2 rings (SSSR count). The number of carbonyl (C=O) groups excluding carboxylic acids is 3. The van der Waals surface area contributed by atoms with Crippen molar-refractivity contribution in [1.82, 2.24) is 0 Å². The molecule has 2 fully saturated rings. The van der Waals surface area contributed by atoms with E-state index in [1.165, 1.54) is 27.2 Å². The molecular formula is C18H27IO8. The highest BCUT2D eigenvalue weighted by atomic mass is 127. The number of ether oxygens (including phenoxy) is 5. The van der Waals surface area contributed by atoms with Gasteiger partial charge in [0.15, 0.2) is 18.5 Å². The Morgan fingerprint density at radius 2 is 1.52 bits per heavy atom. The first-order valence-corrected chi connectivity index (χ1v) is 10.4. The molecule has 2 aliphatic rings. The van der Waals surface area contributed by atoms with Crippen LogP contribution >= 0.6 is 22.6 Å². The van der Waals surface area contributed by atoms with Crippen LogP contribution in [0.4, 0.5) is 0 Å². The zero-order valence-electron chi connectivity index (χ0n) is 15.9. The van der Waals surface area contributed by atoms with Crippen LogP contribution in [0.25, 0.3) is 0 Å². The van der Waals surface area contributed by atoms with E-state index in [0.29, 0.717) is 0 Å². The van der Waals surface area contributed by atoms with Gasteiger partial charge in [0.05, 0.1) is 6.10 Å². The summed E-state index contributed by atoms with van der Waals surface area (Å²) in [6.07, 6.45) is 2.25. The van der Waals surface area contributed by atoms with Crippen molar-refractivity contribution in [3.63, 3.8) is 0 Å². The number of alkyl halides is 1. The van der Waals surface area contributed by atoms with Crippen LogP contribution < -0.4 is 0 Å². The topological polar surface area (TPSA) is 97.4 Å². The van der Waals surface area contributed by atoms with E-state index >= 15 is 0 Å². The van der Waals surface area contributed by atoms with Crippen molar-refractivity contribution < 1.29 is 38.1 Å². The molecule has 1 aliphatic heterocycles. The maximum atomic E-state index is 11.6. The monoisotopic (exact) mass is 498 g/mol.